The average Bonchev–Trinajstić information content (AvgIpc) is 2.66. The Bertz CT molecular complexity index is 490. The largest absolute Gasteiger partial charge is 0.337 e. The van der Waals surface area contributed by atoms with Gasteiger partial charge in [-0.2, -0.15) is 4.98 Å². The number of aromatic nitrogens is 2. The predicted octanol–water partition coefficient (Wildman–Crippen LogP) is 2.03. The van der Waals surface area contributed by atoms with Gasteiger partial charge in [0.1, 0.15) is 11.6 Å². The van der Waals surface area contributed by atoms with Gasteiger partial charge in [-0.3, -0.25) is 0 Å². The Kier molecular flexibility index (Phi) is 2.66. The van der Waals surface area contributed by atoms with Crippen molar-refractivity contribution in [3.05, 3.63) is 35.7 Å². The third-order valence-corrected chi connectivity index (χ3v) is 2.02. The third-order valence-electron chi connectivity index (χ3n) is 2.02. The van der Waals surface area contributed by atoms with Gasteiger partial charge >= 0.3 is 0 Å². The first-order valence-corrected chi connectivity index (χ1v) is 4.63. The molecule has 0 amide bonds. The summed E-state index contributed by atoms with van der Waals surface area (Å²) < 4.78 is 31.5. The molecule has 2 rings (SSSR count). The minimum Gasteiger partial charge on any atom is -0.337 e. The summed E-state index contributed by atoms with van der Waals surface area (Å²) in [5.74, 6) is -1.48. The van der Waals surface area contributed by atoms with Crippen LogP contribution in [0.5, 0.6) is 0 Å². The van der Waals surface area contributed by atoms with Crippen molar-refractivity contribution in [1.29, 1.82) is 0 Å². The molecule has 0 bridgehead atoms. The summed E-state index contributed by atoms with van der Waals surface area (Å²) in [4.78, 5) is 3.82. The molecule has 4 nitrogen and oxygen atoms in total. The zero-order chi connectivity index (χ0) is 11.7. The number of nitrogens with zero attached hydrogens (tertiary/aromatic N) is 2. The van der Waals surface area contributed by atoms with E-state index in [9.17, 15) is 8.78 Å². The molecule has 0 saturated heterocycles. The molecule has 0 fully saturated rings. The van der Waals surface area contributed by atoms with Crippen molar-refractivity contribution in [1.82, 2.24) is 10.1 Å². The van der Waals surface area contributed by atoms with Crippen LogP contribution in [0.4, 0.5) is 8.78 Å². The Morgan fingerprint density at radius 2 is 1.94 bits per heavy atom. The highest BCUT2D eigenvalue weighted by Crippen LogP contribution is 2.23. The van der Waals surface area contributed by atoms with Crippen molar-refractivity contribution < 1.29 is 13.3 Å². The Balaban J connectivity index is 2.50. The first-order chi connectivity index (χ1) is 7.59. The van der Waals surface area contributed by atoms with E-state index in [1.54, 1.807) is 6.92 Å². The minimum atomic E-state index is -0.739. The van der Waals surface area contributed by atoms with Gasteiger partial charge in [-0.25, -0.2) is 8.78 Å². The smallest absolute Gasteiger partial charge is 0.243 e. The summed E-state index contributed by atoms with van der Waals surface area (Å²) in [6, 6.07) is 3.04. The van der Waals surface area contributed by atoms with E-state index in [2.05, 4.69) is 10.1 Å². The van der Waals surface area contributed by atoms with Gasteiger partial charge in [0.15, 0.2) is 0 Å². The highest BCUT2D eigenvalue weighted by atomic mass is 19.1. The first-order valence-electron chi connectivity index (χ1n) is 4.63. The van der Waals surface area contributed by atoms with Crippen molar-refractivity contribution in [3.63, 3.8) is 0 Å². The maximum Gasteiger partial charge on any atom is 0.243 e. The lowest BCUT2D eigenvalue weighted by molar-refractivity contribution is 0.361. The number of halogens is 2. The van der Waals surface area contributed by atoms with E-state index >= 15 is 0 Å². The van der Waals surface area contributed by atoms with E-state index in [0.717, 1.165) is 12.1 Å². The summed E-state index contributed by atoms with van der Waals surface area (Å²) in [5, 5.41) is 3.48. The lowest BCUT2D eigenvalue weighted by Gasteiger charge is -1.98. The number of rotatable bonds is 2. The number of hydrogen-bond acceptors (Lipinski definition) is 4. The second kappa shape index (κ2) is 3.97. The van der Waals surface area contributed by atoms with Gasteiger partial charge in [0.2, 0.25) is 11.7 Å². The zero-order valence-electron chi connectivity index (χ0n) is 8.45. The molecular weight excluding hydrogens is 216 g/mol. The summed E-state index contributed by atoms with van der Waals surface area (Å²) in [5.41, 5.74) is 5.19. The number of nitrogens with two attached hydrogens (primary N) is 1. The molecule has 2 N–H and O–H groups in total. The molecular formula is C10H9F2N3O. The molecule has 0 aliphatic rings. The maximum absolute atomic E-state index is 13.4. The lowest BCUT2D eigenvalue weighted by atomic mass is 10.2. The number of hydrogen-bond donors (Lipinski definition) is 1. The fourth-order valence-corrected chi connectivity index (χ4v) is 1.23. The lowest BCUT2D eigenvalue weighted by Crippen LogP contribution is -2.05. The Morgan fingerprint density at radius 1 is 1.31 bits per heavy atom. The van der Waals surface area contributed by atoms with Crippen molar-refractivity contribution >= 4 is 0 Å². The highest BCUT2D eigenvalue weighted by molar-refractivity contribution is 5.56. The van der Waals surface area contributed by atoms with Crippen molar-refractivity contribution in [2.75, 3.05) is 0 Å². The van der Waals surface area contributed by atoms with Gasteiger partial charge in [-0.1, -0.05) is 11.2 Å². The molecule has 84 valence electrons. The van der Waals surface area contributed by atoms with Crippen LogP contribution in [0.1, 0.15) is 18.9 Å². The quantitative estimate of drug-likeness (QED) is 0.849. The molecule has 0 spiro atoms. The molecule has 2 aromatic rings. The van der Waals surface area contributed by atoms with E-state index < -0.39 is 17.7 Å². The van der Waals surface area contributed by atoms with Crippen LogP contribution in [-0.4, -0.2) is 10.1 Å². The molecule has 0 aliphatic heterocycles. The van der Waals surface area contributed by atoms with Gasteiger partial charge in [0.05, 0.1) is 11.6 Å². The van der Waals surface area contributed by atoms with E-state index in [4.69, 9.17) is 10.3 Å². The fraction of sp³-hybridized carbons (Fsp3) is 0.200. The van der Waals surface area contributed by atoms with E-state index in [1.165, 1.54) is 6.07 Å². The summed E-state index contributed by atoms with van der Waals surface area (Å²) in [7, 11) is 0. The normalized spacial score (nSPS) is 12.8. The van der Waals surface area contributed by atoms with Gasteiger partial charge in [-0.15, -0.1) is 0 Å². The fourth-order valence-electron chi connectivity index (χ4n) is 1.23. The number of benzene rings is 1. The summed E-state index contributed by atoms with van der Waals surface area (Å²) >= 11 is 0. The highest BCUT2D eigenvalue weighted by Gasteiger charge is 2.18. The molecule has 0 saturated carbocycles. The van der Waals surface area contributed by atoms with E-state index in [-0.39, 0.29) is 17.3 Å². The van der Waals surface area contributed by atoms with Gasteiger partial charge in [0.25, 0.3) is 0 Å². The van der Waals surface area contributed by atoms with Crippen LogP contribution in [-0.2, 0) is 0 Å². The van der Waals surface area contributed by atoms with Crippen LogP contribution in [0.2, 0.25) is 0 Å². The van der Waals surface area contributed by atoms with Crippen LogP contribution >= 0.6 is 0 Å². The molecule has 1 aromatic carbocycles. The Labute approximate surface area is 90.1 Å². The van der Waals surface area contributed by atoms with Gasteiger partial charge in [0, 0.05) is 0 Å². The molecule has 0 aliphatic carbocycles. The van der Waals surface area contributed by atoms with Crippen molar-refractivity contribution in [2.24, 2.45) is 5.73 Å². The Morgan fingerprint density at radius 3 is 2.44 bits per heavy atom. The third kappa shape index (κ3) is 1.79. The maximum atomic E-state index is 13.4. The minimum absolute atomic E-state index is 0.136. The molecule has 1 aromatic heterocycles. The summed E-state index contributed by atoms with van der Waals surface area (Å²) in [6.07, 6.45) is 0. The van der Waals surface area contributed by atoms with Gasteiger partial charge < -0.3 is 10.3 Å². The SMILES string of the molecule is C[C@@H](N)c1nc(-c2c(F)cccc2F)no1. The van der Waals surface area contributed by atoms with Crippen LogP contribution in [0, 0.1) is 11.6 Å². The average molecular weight is 225 g/mol. The monoisotopic (exact) mass is 225 g/mol. The molecule has 16 heavy (non-hydrogen) atoms. The standard InChI is InChI=1S/C10H9F2N3O/c1-5(13)10-14-9(15-16-10)8-6(11)3-2-4-7(8)12/h2-5H,13H2,1H3/t5-/m1/s1. The molecule has 0 unspecified atom stereocenters. The van der Waals surface area contributed by atoms with Crippen molar-refractivity contribution in [2.45, 2.75) is 13.0 Å². The Hall–Kier alpha value is -1.82. The van der Waals surface area contributed by atoms with Crippen LogP contribution in [0.25, 0.3) is 11.4 Å². The van der Waals surface area contributed by atoms with Crippen LogP contribution < -0.4 is 5.73 Å². The molecule has 1 heterocycles. The molecule has 0 radical (unpaired) electrons. The van der Waals surface area contributed by atoms with Crippen LogP contribution in [0.3, 0.4) is 0 Å². The molecule has 6 heteroatoms. The zero-order valence-corrected chi connectivity index (χ0v) is 8.45. The van der Waals surface area contributed by atoms with Gasteiger partial charge in [-0.05, 0) is 19.1 Å². The van der Waals surface area contributed by atoms with Crippen LogP contribution in [0.15, 0.2) is 22.7 Å². The van der Waals surface area contributed by atoms with E-state index in [1.807, 2.05) is 0 Å². The molecule has 1 atom stereocenters. The second-order valence-electron chi connectivity index (χ2n) is 3.34. The second-order valence-corrected chi connectivity index (χ2v) is 3.34. The van der Waals surface area contributed by atoms with E-state index in [0.29, 0.717) is 0 Å². The first kappa shape index (κ1) is 10.7. The topological polar surface area (TPSA) is 64.9 Å². The summed E-state index contributed by atoms with van der Waals surface area (Å²) in [6.45, 7) is 1.63. The van der Waals surface area contributed by atoms with Crippen molar-refractivity contribution in [3.8, 4) is 11.4 Å². The predicted molar refractivity (Wildman–Crippen MR) is 52.3 cm³/mol.